The summed E-state index contributed by atoms with van der Waals surface area (Å²) in [6, 6.07) is 0. The fourth-order valence-corrected chi connectivity index (χ4v) is 0.346. The normalized spacial score (nSPS) is 10.2. The Labute approximate surface area is 80.6 Å². The maximum Gasteiger partial charge on any atom is 2.00 e. The van der Waals surface area contributed by atoms with Crippen molar-refractivity contribution in [1.29, 1.82) is 0 Å². The third-order valence-electron chi connectivity index (χ3n) is 0.349. The van der Waals surface area contributed by atoms with Gasteiger partial charge in [-0.05, 0) is 0 Å². The SMILES string of the molecule is O=S(=O)(O)CCO.[Ca+2].[H-].[H-]. The van der Waals surface area contributed by atoms with E-state index in [4.69, 9.17) is 9.66 Å². The van der Waals surface area contributed by atoms with Gasteiger partial charge in [0.1, 0.15) is 0 Å². The van der Waals surface area contributed by atoms with Gasteiger partial charge in [0.2, 0.25) is 0 Å². The minimum absolute atomic E-state index is 0. The van der Waals surface area contributed by atoms with E-state index < -0.39 is 22.5 Å². The molecule has 0 amide bonds. The molecule has 0 fully saturated rings. The van der Waals surface area contributed by atoms with E-state index in [-0.39, 0.29) is 40.6 Å². The van der Waals surface area contributed by atoms with Crippen molar-refractivity contribution in [3.8, 4) is 0 Å². The van der Waals surface area contributed by atoms with Crippen LogP contribution in [0, 0.1) is 0 Å². The molecule has 0 saturated carbocycles. The van der Waals surface area contributed by atoms with E-state index in [1.165, 1.54) is 0 Å². The Morgan fingerprint density at radius 1 is 1.50 bits per heavy atom. The second-order valence-electron chi connectivity index (χ2n) is 1.01. The molecule has 4 nitrogen and oxygen atoms in total. The van der Waals surface area contributed by atoms with Crippen molar-refractivity contribution in [2.24, 2.45) is 0 Å². The van der Waals surface area contributed by atoms with Crippen LogP contribution in [0.15, 0.2) is 0 Å². The van der Waals surface area contributed by atoms with E-state index in [2.05, 4.69) is 0 Å². The van der Waals surface area contributed by atoms with E-state index in [0.29, 0.717) is 0 Å². The molecule has 0 unspecified atom stereocenters. The molecule has 2 N–H and O–H groups in total. The predicted molar refractivity (Wildman–Crippen MR) is 31.5 cm³/mol. The first-order valence-electron chi connectivity index (χ1n) is 1.62. The van der Waals surface area contributed by atoms with Gasteiger partial charge in [0, 0.05) is 0 Å². The summed E-state index contributed by atoms with van der Waals surface area (Å²) in [4.78, 5) is 0. The summed E-state index contributed by atoms with van der Waals surface area (Å²) in [6.45, 7) is -0.529. The molecule has 8 heavy (non-hydrogen) atoms. The number of hydrogen-bond acceptors (Lipinski definition) is 3. The molecule has 0 radical (unpaired) electrons. The second kappa shape index (κ2) is 4.96. The molecule has 0 aromatic heterocycles. The number of aliphatic hydroxyl groups excluding tert-OH is 1. The summed E-state index contributed by atoms with van der Waals surface area (Å²) in [5.74, 6) is -0.576. The first-order valence-corrected chi connectivity index (χ1v) is 3.23. The van der Waals surface area contributed by atoms with E-state index in [0.717, 1.165) is 0 Å². The summed E-state index contributed by atoms with van der Waals surface area (Å²) in [5, 5.41) is 7.86. The second-order valence-corrected chi connectivity index (χ2v) is 2.58. The Kier molecular flexibility index (Phi) is 7.36. The van der Waals surface area contributed by atoms with Crippen LogP contribution in [0.5, 0.6) is 0 Å². The third-order valence-corrected chi connectivity index (χ3v) is 1.05. The molecule has 0 spiro atoms. The quantitative estimate of drug-likeness (QED) is 0.397. The van der Waals surface area contributed by atoms with Gasteiger partial charge in [0.25, 0.3) is 10.1 Å². The molecule has 0 aliphatic carbocycles. The molecular weight excluding hydrogens is 160 g/mol. The summed E-state index contributed by atoms with van der Waals surface area (Å²) in [5.41, 5.74) is 0. The van der Waals surface area contributed by atoms with Crippen LogP contribution in [0.4, 0.5) is 0 Å². The van der Waals surface area contributed by atoms with Gasteiger partial charge >= 0.3 is 37.7 Å². The molecule has 0 aromatic carbocycles. The van der Waals surface area contributed by atoms with Crippen LogP contribution in [0.3, 0.4) is 0 Å². The first kappa shape index (κ1) is 11.9. The maximum atomic E-state index is 9.63. The van der Waals surface area contributed by atoms with Crippen molar-refractivity contribution in [1.82, 2.24) is 0 Å². The van der Waals surface area contributed by atoms with Gasteiger partial charge in [0.05, 0.1) is 12.4 Å². The monoisotopic (exact) mass is 168 g/mol. The topological polar surface area (TPSA) is 74.6 Å². The molecule has 0 heterocycles. The number of hydrogen-bond donors (Lipinski definition) is 2. The van der Waals surface area contributed by atoms with Crippen LogP contribution in [-0.2, 0) is 10.1 Å². The molecule has 0 aliphatic rings. The van der Waals surface area contributed by atoms with Crippen molar-refractivity contribution in [2.45, 2.75) is 0 Å². The standard InChI is InChI=1S/C2H6O4S.Ca.2H/c3-1-2-7(4,5)6;;;/h3H,1-2H2,(H,4,5,6);;;/q;+2;2*-1. The van der Waals surface area contributed by atoms with E-state index >= 15 is 0 Å². The molecule has 0 rings (SSSR count). The van der Waals surface area contributed by atoms with Crippen molar-refractivity contribution < 1.29 is 20.9 Å². The number of aliphatic hydroxyl groups is 1. The summed E-state index contributed by atoms with van der Waals surface area (Å²) < 4.78 is 27.1. The summed E-state index contributed by atoms with van der Waals surface area (Å²) in [6.07, 6.45) is 0. The van der Waals surface area contributed by atoms with Gasteiger partial charge < -0.3 is 7.96 Å². The van der Waals surface area contributed by atoms with Gasteiger partial charge in [-0.3, -0.25) is 4.55 Å². The van der Waals surface area contributed by atoms with Gasteiger partial charge in [0.15, 0.2) is 0 Å². The fourth-order valence-electron chi connectivity index (χ4n) is 0.115. The predicted octanol–water partition coefficient (Wildman–Crippen LogP) is -1.29. The number of rotatable bonds is 2. The van der Waals surface area contributed by atoms with Crippen LogP contribution in [0.1, 0.15) is 2.85 Å². The molecule has 0 saturated heterocycles. The van der Waals surface area contributed by atoms with Crippen LogP contribution in [-0.4, -0.2) is 68.2 Å². The summed E-state index contributed by atoms with van der Waals surface area (Å²) >= 11 is 0. The van der Waals surface area contributed by atoms with E-state index in [1.54, 1.807) is 0 Å². The molecular formula is C2H8CaO4S. The summed E-state index contributed by atoms with van der Waals surface area (Å²) in [7, 11) is -3.92. The first-order chi connectivity index (χ1) is 3.06. The fraction of sp³-hybridized carbons (Fsp3) is 1.00. The molecule has 0 bridgehead atoms. The zero-order chi connectivity index (χ0) is 5.91. The van der Waals surface area contributed by atoms with Crippen molar-refractivity contribution in [3.05, 3.63) is 0 Å². The van der Waals surface area contributed by atoms with E-state index in [1.807, 2.05) is 0 Å². The van der Waals surface area contributed by atoms with Crippen molar-refractivity contribution in [2.75, 3.05) is 12.4 Å². The van der Waals surface area contributed by atoms with Crippen molar-refractivity contribution >= 4 is 47.9 Å². The Balaban J connectivity index is -0.0000000600. The van der Waals surface area contributed by atoms with Crippen LogP contribution < -0.4 is 0 Å². The van der Waals surface area contributed by atoms with Crippen LogP contribution >= 0.6 is 0 Å². The molecule has 48 valence electrons. The molecule has 0 aromatic rings. The van der Waals surface area contributed by atoms with E-state index in [9.17, 15) is 8.42 Å². The maximum absolute atomic E-state index is 9.63. The Bertz CT molecular complexity index is 134. The Morgan fingerprint density at radius 2 is 1.88 bits per heavy atom. The van der Waals surface area contributed by atoms with Crippen molar-refractivity contribution in [3.63, 3.8) is 0 Å². The average Bonchev–Trinajstić information content (AvgIpc) is 1.30. The molecule has 0 aliphatic heterocycles. The van der Waals surface area contributed by atoms with Gasteiger partial charge in [-0.1, -0.05) is 0 Å². The van der Waals surface area contributed by atoms with Gasteiger partial charge in [-0.15, -0.1) is 0 Å². The minimum atomic E-state index is -3.92. The van der Waals surface area contributed by atoms with Gasteiger partial charge in [-0.25, -0.2) is 0 Å². The molecule has 6 heteroatoms. The Morgan fingerprint density at radius 3 is 1.88 bits per heavy atom. The minimum Gasteiger partial charge on any atom is -1.00 e. The van der Waals surface area contributed by atoms with Crippen LogP contribution in [0.25, 0.3) is 0 Å². The Hall–Kier alpha value is 1.13. The molecule has 0 atom stereocenters. The largest absolute Gasteiger partial charge is 2.00 e. The van der Waals surface area contributed by atoms with Gasteiger partial charge in [-0.2, -0.15) is 8.42 Å². The smallest absolute Gasteiger partial charge is 1.00 e. The zero-order valence-corrected chi connectivity index (χ0v) is 7.27. The third kappa shape index (κ3) is 10.2. The van der Waals surface area contributed by atoms with Crippen LogP contribution in [0.2, 0.25) is 0 Å². The average molecular weight is 168 g/mol. The zero-order valence-electron chi connectivity index (χ0n) is 6.24.